The van der Waals surface area contributed by atoms with E-state index in [4.69, 9.17) is 0 Å². The van der Waals surface area contributed by atoms with Gasteiger partial charge < -0.3 is 5.32 Å². The minimum absolute atomic E-state index is 0.499. The van der Waals surface area contributed by atoms with Gasteiger partial charge in [0.15, 0.2) is 0 Å². The van der Waals surface area contributed by atoms with E-state index in [1.54, 1.807) is 0 Å². The number of nitrogens with one attached hydrogen (secondary N) is 1. The van der Waals surface area contributed by atoms with Crippen LogP contribution in [0.2, 0.25) is 0 Å². The largest absolute Gasteiger partial charge is 0.311 e. The van der Waals surface area contributed by atoms with E-state index in [0.29, 0.717) is 6.04 Å². The summed E-state index contributed by atoms with van der Waals surface area (Å²) in [7, 11) is 0. The summed E-state index contributed by atoms with van der Waals surface area (Å²) in [6.45, 7) is 8.61. The quantitative estimate of drug-likeness (QED) is 0.774. The van der Waals surface area contributed by atoms with Crippen LogP contribution in [0.3, 0.4) is 0 Å². The van der Waals surface area contributed by atoms with Crippen LogP contribution in [-0.4, -0.2) is 28.3 Å². The van der Waals surface area contributed by atoms with E-state index >= 15 is 0 Å². The van der Waals surface area contributed by atoms with Crippen LogP contribution in [0.1, 0.15) is 38.9 Å². The van der Waals surface area contributed by atoms with Crippen molar-refractivity contribution in [2.24, 2.45) is 5.92 Å². The summed E-state index contributed by atoms with van der Waals surface area (Å²) in [6, 6.07) is 2.61. The molecular weight excluding hydrogens is 230 g/mol. The van der Waals surface area contributed by atoms with Gasteiger partial charge in [0.05, 0.1) is 5.69 Å². The molecule has 0 aromatic carbocycles. The minimum atomic E-state index is 0.499. The van der Waals surface area contributed by atoms with Crippen molar-refractivity contribution in [2.75, 3.05) is 18.6 Å². The number of hydrogen-bond acceptors (Lipinski definition) is 3. The highest BCUT2D eigenvalue weighted by Crippen LogP contribution is 2.09. The molecule has 0 radical (unpaired) electrons. The van der Waals surface area contributed by atoms with Crippen LogP contribution in [0.4, 0.5) is 0 Å². The lowest BCUT2D eigenvalue weighted by atomic mass is 10.2. The highest BCUT2D eigenvalue weighted by atomic mass is 32.2. The zero-order valence-corrected chi connectivity index (χ0v) is 12.3. The first kappa shape index (κ1) is 14.6. The molecule has 4 heteroatoms. The zero-order valence-electron chi connectivity index (χ0n) is 11.4. The summed E-state index contributed by atoms with van der Waals surface area (Å²) in [5, 5.41) is 8.04. The molecule has 98 valence electrons. The Bertz CT molecular complexity index is 311. The molecule has 1 heterocycles. The summed E-state index contributed by atoms with van der Waals surface area (Å²) in [5.74, 6) is 1.94. The Kier molecular flexibility index (Phi) is 6.66. The predicted octanol–water partition coefficient (Wildman–Crippen LogP) is 2.94. The van der Waals surface area contributed by atoms with Gasteiger partial charge in [-0.3, -0.25) is 4.68 Å². The van der Waals surface area contributed by atoms with Crippen molar-refractivity contribution < 1.29 is 0 Å². The van der Waals surface area contributed by atoms with Crippen molar-refractivity contribution in [1.29, 1.82) is 0 Å². The van der Waals surface area contributed by atoms with Crippen molar-refractivity contribution in [1.82, 2.24) is 15.1 Å². The lowest BCUT2D eigenvalue weighted by Crippen LogP contribution is -2.22. The number of aromatic nitrogens is 2. The Hall–Kier alpha value is -0.480. The smallest absolute Gasteiger partial charge is 0.0762 e. The molecule has 1 rings (SSSR count). The third kappa shape index (κ3) is 5.13. The first-order valence-electron chi connectivity index (χ1n) is 6.41. The first-order valence-corrected chi connectivity index (χ1v) is 7.80. The molecule has 0 fully saturated rings. The van der Waals surface area contributed by atoms with Gasteiger partial charge in [0.2, 0.25) is 0 Å². The average Bonchev–Trinajstić information content (AvgIpc) is 2.77. The van der Waals surface area contributed by atoms with Crippen molar-refractivity contribution in [3.63, 3.8) is 0 Å². The zero-order chi connectivity index (χ0) is 12.7. The monoisotopic (exact) mass is 255 g/mol. The number of nitrogens with zero attached hydrogens (tertiary/aromatic N) is 2. The molecule has 1 N–H and O–H groups in total. The van der Waals surface area contributed by atoms with E-state index in [1.807, 2.05) is 11.8 Å². The van der Waals surface area contributed by atoms with E-state index in [-0.39, 0.29) is 0 Å². The number of rotatable bonds is 8. The van der Waals surface area contributed by atoms with Crippen LogP contribution in [-0.2, 0) is 6.54 Å². The van der Waals surface area contributed by atoms with E-state index in [9.17, 15) is 0 Å². The normalized spacial score (nSPS) is 14.8. The predicted molar refractivity (Wildman–Crippen MR) is 76.5 cm³/mol. The summed E-state index contributed by atoms with van der Waals surface area (Å²) in [4.78, 5) is 0. The van der Waals surface area contributed by atoms with E-state index in [1.165, 1.54) is 5.75 Å². The Balaban J connectivity index is 2.30. The highest BCUT2D eigenvalue weighted by molar-refractivity contribution is 7.98. The maximum atomic E-state index is 4.57. The SMILES string of the molecule is CCC(C)n1ccc(CNCC(C)CSC)n1. The molecule has 0 amide bonds. The standard InChI is InChI=1S/C13H25N3S/c1-5-12(3)16-7-6-13(15-16)9-14-8-11(2)10-17-4/h6-7,11-12,14H,5,8-10H2,1-4H3. The lowest BCUT2D eigenvalue weighted by molar-refractivity contribution is 0.469. The molecule has 0 spiro atoms. The second-order valence-electron chi connectivity index (χ2n) is 4.74. The van der Waals surface area contributed by atoms with Crippen molar-refractivity contribution in [3.8, 4) is 0 Å². The fraction of sp³-hybridized carbons (Fsp3) is 0.769. The highest BCUT2D eigenvalue weighted by Gasteiger charge is 2.05. The lowest BCUT2D eigenvalue weighted by Gasteiger charge is -2.10. The molecule has 0 aliphatic heterocycles. The van der Waals surface area contributed by atoms with Gasteiger partial charge >= 0.3 is 0 Å². The van der Waals surface area contributed by atoms with E-state index in [2.05, 4.69) is 54.4 Å². The van der Waals surface area contributed by atoms with Gasteiger partial charge in [0.25, 0.3) is 0 Å². The summed E-state index contributed by atoms with van der Waals surface area (Å²) in [6.07, 6.45) is 5.36. The Labute approximate surface area is 109 Å². The fourth-order valence-corrected chi connectivity index (χ4v) is 2.38. The molecular formula is C13H25N3S. The Morgan fingerprint density at radius 3 is 2.88 bits per heavy atom. The van der Waals surface area contributed by atoms with Gasteiger partial charge in [-0.15, -0.1) is 0 Å². The molecule has 0 aliphatic rings. The van der Waals surface area contributed by atoms with Crippen LogP contribution >= 0.6 is 11.8 Å². The van der Waals surface area contributed by atoms with E-state index in [0.717, 1.165) is 31.1 Å². The summed E-state index contributed by atoms with van der Waals surface area (Å²) >= 11 is 1.91. The molecule has 0 aliphatic carbocycles. The second kappa shape index (κ2) is 7.77. The maximum absolute atomic E-state index is 4.57. The minimum Gasteiger partial charge on any atom is -0.311 e. The molecule has 0 saturated carbocycles. The van der Waals surface area contributed by atoms with Crippen molar-refractivity contribution in [3.05, 3.63) is 18.0 Å². The number of thioether (sulfide) groups is 1. The van der Waals surface area contributed by atoms with Crippen LogP contribution in [0.5, 0.6) is 0 Å². The summed E-state index contributed by atoms with van der Waals surface area (Å²) in [5.41, 5.74) is 1.14. The molecule has 3 nitrogen and oxygen atoms in total. The maximum Gasteiger partial charge on any atom is 0.0762 e. The molecule has 1 aromatic rings. The second-order valence-corrected chi connectivity index (χ2v) is 5.65. The van der Waals surface area contributed by atoms with Crippen molar-refractivity contribution >= 4 is 11.8 Å². The van der Waals surface area contributed by atoms with Gasteiger partial charge in [-0.2, -0.15) is 16.9 Å². The molecule has 17 heavy (non-hydrogen) atoms. The number of hydrogen-bond donors (Lipinski definition) is 1. The first-order chi connectivity index (χ1) is 8.17. The van der Waals surface area contributed by atoms with Gasteiger partial charge in [-0.05, 0) is 43.9 Å². The van der Waals surface area contributed by atoms with Crippen LogP contribution in [0, 0.1) is 5.92 Å². The molecule has 0 saturated heterocycles. The summed E-state index contributed by atoms with van der Waals surface area (Å²) < 4.78 is 2.06. The van der Waals surface area contributed by atoms with Crippen LogP contribution < -0.4 is 5.32 Å². The fourth-order valence-electron chi connectivity index (χ4n) is 1.69. The van der Waals surface area contributed by atoms with Gasteiger partial charge in [-0.1, -0.05) is 13.8 Å². The van der Waals surface area contributed by atoms with Gasteiger partial charge in [0.1, 0.15) is 0 Å². The molecule has 2 unspecified atom stereocenters. The Morgan fingerprint density at radius 2 is 2.24 bits per heavy atom. The molecule has 0 bridgehead atoms. The molecule has 1 aromatic heterocycles. The van der Waals surface area contributed by atoms with Gasteiger partial charge in [-0.25, -0.2) is 0 Å². The topological polar surface area (TPSA) is 29.9 Å². The van der Waals surface area contributed by atoms with E-state index < -0.39 is 0 Å². The molecule has 2 atom stereocenters. The third-order valence-electron chi connectivity index (χ3n) is 2.96. The van der Waals surface area contributed by atoms with Gasteiger partial charge in [0, 0.05) is 18.8 Å². The average molecular weight is 255 g/mol. The Morgan fingerprint density at radius 1 is 1.47 bits per heavy atom. The van der Waals surface area contributed by atoms with Crippen molar-refractivity contribution in [2.45, 2.75) is 39.8 Å². The third-order valence-corrected chi connectivity index (χ3v) is 3.86. The van der Waals surface area contributed by atoms with Crippen LogP contribution in [0.15, 0.2) is 12.3 Å². The van der Waals surface area contributed by atoms with Crippen LogP contribution in [0.25, 0.3) is 0 Å².